The average Bonchev–Trinajstić information content (AvgIpc) is 2.54. The first kappa shape index (κ1) is 19.1. The molecule has 1 aliphatic heterocycles. The van der Waals surface area contributed by atoms with E-state index in [4.69, 9.17) is 18.3 Å². The lowest BCUT2D eigenvalue weighted by Gasteiger charge is -2.51. The van der Waals surface area contributed by atoms with Gasteiger partial charge in [-0.25, -0.2) is 0 Å². The summed E-state index contributed by atoms with van der Waals surface area (Å²) in [6.45, 7) is 5.18. The van der Waals surface area contributed by atoms with E-state index < -0.39 is 8.56 Å². The van der Waals surface area contributed by atoms with Gasteiger partial charge >= 0.3 is 8.56 Å². The van der Waals surface area contributed by atoms with Crippen LogP contribution in [-0.2, 0) is 18.3 Å². The molecule has 0 bridgehead atoms. The Morgan fingerprint density at radius 2 is 1.76 bits per heavy atom. The predicted molar refractivity (Wildman–Crippen MR) is 87.7 cm³/mol. The fourth-order valence-electron chi connectivity index (χ4n) is 3.74. The Bertz CT molecular complexity index is 283. The second-order valence-corrected chi connectivity index (χ2v) is 9.61. The van der Waals surface area contributed by atoms with E-state index in [9.17, 15) is 0 Å². The third-order valence-corrected chi connectivity index (χ3v) is 9.33. The van der Waals surface area contributed by atoms with Crippen LogP contribution in [0.1, 0.15) is 58.8 Å². The lowest BCUT2D eigenvalue weighted by atomic mass is 10.0. The lowest BCUT2D eigenvalue weighted by Crippen LogP contribution is -2.70. The van der Waals surface area contributed by atoms with Gasteiger partial charge in [-0.05, 0) is 25.3 Å². The van der Waals surface area contributed by atoms with Gasteiger partial charge in [0.2, 0.25) is 0 Å². The summed E-state index contributed by atoms with van der Waals surface area (Å²) >= 11 is 0. The Morgan fingerprint density at radius 1 is 1.05 bits per heavy atom. The van der Waals surface area contributed by atoms with Crippen LogP contribution in [-0.4, -0.2) is 47.8 Å². The molecule has 2 unspecified atom stereocenters. The van der Waals surface area contributed by atoms with Crippen molar-refractivity contribution < 1.29 is 18.3 Å². The van der Waals surface area contributed by atoms with Crippen molar-refractivity contribution in [2.45, 2.75) is 76.2 Å². The molecule has 1 heterocycles. The molecular formula is C16H34O4Si. The van der Waals surface area contributed by atoms with E-state index in [0.717, 1.165) is 44.8 Å². The summed E-state index contributed by atoms with van der Waals surface area (Å²) < 4.78 is 24.2. The minimum absolute atomic E-state index is 0.0613. The zero-order valence-corrected chi connectivity index (χ0v) is 15.6. The van der Waals surface area contributed by atoms with Crippen LogP contribution in [0.4, 0.5) is 0 Å². The molecule has 1 saturated heterocycles. The molecule has 0 radical (unpaired) electrons. The summed E-state index contributed by atoms with van der Waals surface area (Å²) in [5, 5.41) is -0.379. The molecule has 21 heavy (non-hydrogen) atoms. The van der Waals surface area contributed by atoms with Crippen molar-refractivity contribution in [1.29, 1.82) is 0 Å². The number of ether oxygens (including phenoxy) is 2. The predicted octanol–water partition coefficient (Wildman–Crippen LogP) is 3.82. The highest BCUT2D eigenvalue weighted by Crippen LogP contribution is 2.44. The summed E-state index contributed by atoms with van der Waals surface area (Å²) in [6.07, 6.45) is 7.83. The fraction of sp³-hybridized carbons (Fsp3) is 1.00. The molecule has 126 valence electrons. The number of methoxy groups -OCH3 is 1. The first-order chi connectivity index (χ1) is 10.2. The van der Waals surface area contributed by atoms with E-state index >= 15 is 0 Å². The third-order valence-electron chi connectivity index (χ3n) is 4.93. The van der Waals surface area contributed by atoms with Crippen molar-refractivity contribution in [3.05, 3.63) is 0 Å². The van der Waals surface area contributed by atoms with Crippen LogP contribution in [0.2, 0.25) is 6.04 Å². The van der Waals surface area contributed by atoms with Crippen molar-refractivity contribution in [2.75, 3.05) is 27.9 Å². The lowest BCUT2D eigenvalue weighted by molar-refractivity contribution is -0.119. The number of unbranched alkanes of at least 4 members (excludes halogenated alkanes) is 2. The maximum Gasteiger partial charge on any atom is 0.373 e. The van der Waals surface area contributed by atoms with Gasteiger partial charge in [-0.3, -0.25) is 0 Å². The van der Waals surface area contributed by atoms with Gasteiger partial charge in [0.15, 0.2) is 0 Å². The Hall–Kier alpha value is 0.0569. The topological polar surface area (TPSA) is 36.9 Å². The smallest absolute Gasteiger partial charge is 0.373 e. The highest BCUT2D eigenvalue weighted by Gasteiger charge is 2.62. The summed E-state index contributed by atoms with van der Waals surface area (Å²) in [5.41, 5.74) is 0. The summed E-state index contributed by atoms with van der Waals surface area (Å²) in [5.74, 6) is 0. The first-order valence-electron chi connectivity index (χ1n) is 8.43. The van der Waals surface area contributed by atoms with Crippen LogP contribution < -0.4 is 0 Å². The van der Waals surface area contributed by atoms with Crippen molar-refractivity contribution in [3.63, 3.8) is 0 Å². The van der Waals surface area contributed by atoms with E-state index in [0.29, 0.717) is 0 Å². The molecule has 1 rings (SSSR count). The highest BCUT2D eigenvalue weighted by atomic mass is 28.4. The van der Waals surface area contributed by atoms with Crippen LogP contribution in [0.5, 0.6) is 0 Å². The number of rotatable bonds is 10. The molecule has 0 aliphatic carbocycles. The van der Waals surface area contributed by atoms with Crippen LogP contribution in [0.3, 0.4) is 0 Å². The van der Waals surface area contributed by atoms with Crippen LogP contribution in [0.15, 0.2) is 0 Å². The monoisotopic (exact) mass is 318 g/mol. The van der Waals surface area contributed by atoms with Gasteiger partial charge in [-0.1, -0.05) is 39.5 Å². The zero-order valence-electron chi connectivity index (χ0n) is 14.6. The fourth-order valence-corrected chi connectivity index (χ4v) is 7.79. The minimum atomic E-state index is -2.41. The van der Waals surface area contributed by atoms with E-state index in [1.165, 1.54) is 12.8 Å². The molecular weight excluding hydrogens is 284 g/mol. The van der Waals surface area contributed by atoms with Gasteiger partial charge in [0.25, 0.3) is 0 Å². The highest BCUT2D eigenvalue weighted by molar-refractivity contribution is 6.71. The Labute approximate surface area is 131 Å². The Balaban J connectivity index is 2.90. The molecule has 0 aromatic heterocycles. The SMILES string of the molecule is CCCCCOC(CC)C1(OC)CCCC[Si]1(OC)OC. The molecule has 0 aromatic carbocycles. The largest absolute Gasteiger partial charge is 0.396 e. The standard InChI is InChI=1S/C16H34O4Si/c1-6-8-10-13-20-15(7-2)16(17-3)12-9-11-14-21(16,18-4)19-5/h15H,6-14H2,1-5H3. The third kappa shape index (κ3) is 3.88. The van der Waals surface area contributed by atoms with E-state index in [1.54, 1.807) is 21.3 Å². The average molecular weight is 319 g/mol. The van der Waals surface area contributed by atoms with E-state index in [1.807, 2.05) is 0 Å². The first-order valence-corrected chi connectivity index (χ1v) is 10.5. The van der Waals surface area contributed by atoms with Crippen molar-refractivity contribution in [2.24, 2.45) is 0 Å². The molecule has 4 nitrogen and oxygen atoms in total. The van der Waals surface area contributed by atoms with Gasteiger partial charge in [-0.2, -0.15) is 0 Å². The molecule has 0 saturated carbocycles. The van der Waals surface area contributed by atoms with Crippen LogP contribution in [0, 0.1) is 0 Å². The van der Waals surface area contributed by atoms with Gasteiger partial charge in [0, 0.05) is 27.9 Å². The van der Waals surface area contributed by atoms with E-state index in [2.05, 4.69) is 13.8 Å². The minimum Gasteiger partial charge on any atom is -0.396 e. The molecule has 1 fully saturated rings. The van der Waals surface area contributed by atoms with Crippen molar-refractivity contribution in [3.8, 4) is 0 Å². The van der Waals surface area contributed by atoms with Gasteiger partial charge < -0.3 is 18.3 Å². The maximum atomic E-state index is 6.24. The molecule has 0 aromatic rings. The molecule has 0 amide bonds. The molecule has 1 aliphatic rings. The summed E-state index contributed by atoms with van der Waals surface area (Å²) in [4.78, 5) is 0. The van der Waals surface area contributed by atoms with Crippen LogP contribution in [0.25, 0.3) is 0 Å². The second kappa shape index (κ2) is 9.25. The quantitative estimate of drug-likeness (QED) is 0.453. The molecule has 0 spiro atoms. The zero-order chi connectivity index (χ0) is 15.8. The van der Waals surface area contributed by atoms with Gasteiger partial charge in [-0.15, -0.1) is 0 Å². The Kier molecular flexibility index (Phi) is 8.42. The molecule has 5 heteroatoms. The number of hydrogen-bond donors (Lipinski definition) is 0. The van der Waals surface area contributed by atoms with Crippen LogP contribution >= 0.6 is 0 Å². The van der Waals surface area contributed by atoms with E-state index in [-0.39, 0.29) is 11.3 Å². The molecule has 2 atom stereocenters. The number of hydrogen-bond acceptors (Lipinski definition) is 4. The maximum absolute atomic E-state index is 6.24. The van der Waals surface area contributed by atoms with Gasteiger partial charge in [0.05, 0.1) is 6.10 Å². The summed E-state index contributed by atoms with van der Waals surface area (Å²) in [6, 6.07) is 0.989. The second-order valence-electron chi connectivity index (χ2n) is 5.94. The van der Waals surface area contributed by atoms with Crippen molar-refractivity contribution >= 4 is 8.56 Å². The normalized spacial score (nSPS) is 26.7. The van der Waals surface area contributed by atoms with Crippen molar-refractivity contribution in [1.82, 2.24) is 0 Å². The molecule has 0 N–H and O–H groups in total. The van der Waals surface area contributed by atoms with Gasteiger partial charge in [0.1, 0.15) is 5.22 Å². The summed E-state index contributed by atoms with van der Waals surface area (Å²) in [7, 11) is 2.94. The Morgan fingerprint density at radius 3 is 2.29 bits per heavy atom.